The molecule has 1 fully saturated rings. The maximum Gasteiger partial charge on any atom is 0.0599 e. The van der Waals surface area contributed by atoms with Crippen molar-refractivity contribution >= 4 is 11.4 Å². The number of nitrogen functional groups attached to an aromatic ring is 1. The lowest BCUT2D eigenvalue weighted by molar-refractivity contribution is 0.325. The van der Waals surface area contributed by atoms with Gasteiger partial charge in [-0.25, -0.2) is 0 Å². The van der Waals surface area contributed by atoms with E-state index in [2.05, 4.69) is 30.9 Å². The van der Waals surface area contributed by atoms with Crippen LogP contribution in [-0.2, 0) is 0 Å². The first-order valence-electron chi connectivity index (χ1n) is 6.18. The lowest BCUT2D eigenvalue weighted by Gasteiger charge is -2.25. The number of nitrogens with zero attached hydrogens (tertiary/aromatic N) is 1. The Labute approximate surface area is 98.4 Å². The molecule has 0 aliphatic carbocycles. The van der Waals surface area contributed by atoms with Crippen molar-refractivity contribution in [3.05, 3.63) is 24.3 Å². The molecule has 0 amide bonds. The molecule has 0 spiro atoms. The van der Waals surface area contributed by atoms with E-state index in [4.69, 9.17) is 5.73 Å². The van der Waals surface area contributed by atoms with E-state index in [0.717, 1.165) is 18.8 Å². The van der Waals surface area contributed by atoms with Crippen molar-refractivity contribution in [3.8, 4) is 0 Å². The van der Waals surface area contributed by atoms with Crippen LogP contribution in [0.5, 0.6) is 0 Å². The van der Waals surface area contributed by atoms with Crippen LogP contribution in [0.3, 0.4) is 0 Å². The van der Waals surface area contributed by atoms with Gasteiger partial charge in [-0.05, 0) is 36.8 Å². The molecule has 0 saturated carbocycles. The highest BCUT2D eigenvalue weighted by molar-refractivity contribution is 5.67. The van der Waals surface area contributed by atoms with Crippen molar-refractivity contribution in [3.63, 3.8) is 0 Å². The first-order chi connectivity index (χ1) is 7.58. The van der Waals surface area contributed by atoms with Crippen LogP contribution in [0.15, 0.2) is 24.3 Å². The molecule has 1 aliphatic heterocycles. The highest BCUT2D eigenvalue weighted by atomic mass is 15.1. The molecule has 0 radical (unpaired) electrons. The van der Waals surface area contributed by atoms with Crippen LogP contribution in [0.2, 0.25) is 0 Å². The van der Waals surface area contributed by atoms with E-state index in [9.17, 15) is 0 Å². The Morgan fingerprint density at radius 3 is 2.62 bits per heavy atom. The van der Waals surface area contributed by atoms with Gasteiger partial charge < -0.3 is 10.6 Å². The second-order valence-corrected chi connectivity index (χ2v) is 5.56. The minimum atomic E-state index is 0.484. The molecule has 2 rings (SSSR count). The molecule has 1 aliphatic rings. The van der Waals surface area contributed by atoms with E-state index in [1.165, 1.54) is 24.9 Å². The van der Waals surface area contributed by atoms with Crippen LogP contribution >= 0.6 is 0 Å². The van der Waals surface area contributed by atoms with Crippen LogP contribution in [0.1, 0.15) is 33.1 Å². The average Bonchev–Trinajstić information content (AvgIpc) is 2.40. The molecule has 1 aromatic rings. The fourth-order valence-corrected chi connectivity index (χ4v) is 2.44. The molecular formula is C14H22N2. The predicted molar refractivity (Wildman–Crippen MR) is 70.7 cm³/mol. The van der Waals surface area contributed by atoms with Crippen LogP contribution in [0, 0.1) is 5.41 Å². The molecule has 2 N–H and O–H groups in total. The maximum atomic E-state index is 6.03. The lowest BCUT2D eigenvalue weighted by atomic mass is 9.85. The Hall–Kier alpha value is -1.18. The highest BCUT2D eigenvalue weighted by Gasteiger charge is 2.23. The lowest BCUT2D eigenvalue weighted by Crippen LogP contribution is -2.25. The minimum Gasteiger partial charge on any atom is -0.397 e. The summed E-state index contributed by atoms with van der Waals surface area (Å²) >= 11 is 0. The number of benzene rings is 1. The third-order valence-electron chi connectivity index (χ3n) is 3.62. The number of para-hydroxylation sites is 2. The summed E-state index contributed by atoms with van der Waals surface area (Å²) in [5.74, 6) is 0. The van der Waals surface area contributed by atoms with Gasteiger partial charge in [0.25, 0.3) is 0 Å². The van der Waals surface area contributed by atoms with Gasteiger partial charge in [-0.2, -0.15) is 0 Å². The van der Waals surface area contributed by atoms with Crippen LogP contribution in [0.4, 0.5) is 11.4 Å². The third kappa shape index (κ3) is 2.49. The number of nitrogens with two attached hydrogens (primary N) is 1. The quantitative estimate of drug-likeness (QED) is 0.733. The number of anilines is 2. The molecule has 16 heavy (non-hydrogen) atoms. The summed E-state index contributed by atoms with van der Waals surface area (Å²) in [6.07, 6.45) is 3.83. The van der Waals surface area contributed by atoms with E-state index < -0.39 is 0 Å². The van der Waals surface area contributed by atoms with E-state index in [1.54, 1.807) is 0 Å². The molecular weight excluding hydrogens is 196 g/mol. The van der Waals surface area contributed by atoms with Gasteiger partial charge in [-0.15, -0.1) is 0 Å². The van der Waals surface area contributed by atoms with Crippen molar-refractivity contribution in [2.75, 3.05) is 23.7 Å². The summed E-state index contributed by atoms with van der Waals surface area (Å²) in [5, 5.41) is 0. The first kappa shape index (κ1) is 11.3. The van der Waals surface area contributed by atoms with E-state index in [1.807, 2.05) is 12.1 Å². The third-order valence-corrected chi connectivity index (χ3v) is 3.62. The summed E-state index contributed by atoms with van der Waals surface area (Å²) in [7, 11) is 0. The molecule has 1 saturated heterocycles. The van der Waals surface area contributed by atoms with Gasteiger partial charge in [0.1, 0.15) is 0 Å². The van der Waals surface area contributed by atoms with E-state index in [0.29, 0.717) is 5.41 Å². The number of hydrogen-bond donors (Lipinski definition) is 1. The minimum absolute atomic E-state index is 0.484. The molecule has 0 atom stereocenters. The highest BCUT2D eigenvalue weighted by Crippen LogP contribution is 2.33. The molecule has 2 nitrogen and oxygen atoms in total. The van der Waals surface area contributed by atoms with Gasteiger partial charge in [0.2, 0.25) is 0 Å². The normalized spacial score (nSPS) is 20.5. The van der Waals surface area contributed by atoms with Crippen LogP contribution in [0.25, 0.3) is 0 Å². The predicted octanol–water partition coefficient (Wildman–Crippen LogP) is 3.29. The topological polar surface area (TPSA) is 29.3 Å². The Balaban J connectivity index is 2.14. The van der Waals surface area contributed by atoms with Crippen molar-refractivity contribution in [2.24, 2.45) is 5.41 Å². The van der Waals surface area contributed by atoms with Crippen molar-refractivity contribution in [1.82, 2.24) is 0 Å². The summed E-state index contributed by atoms with van der Waals surface area (Å²) < 4.78 is 0. The average molecular weight is 218 g/mol. The second-order valence-electron chi connectivity index (χ2n) is 5.56. The van der Waals surface area contributed by atoms with Crippen molar-refractivity contribution in [1.29, 1.82) is 0 Å². The summed E-state index contributed by atoms with van der Waals surface area (Å²) in [6, 6.07) is 8.20. The van der Waals surface area contributed by atoms with Gasteiger partial charge in [0, 0.05) is 13.1 Å². The molecule has 0 unspecified atom stereocenters. The zero-order chi connectivity index (χ0) is 11.6. The fraction of sp³-hybridized carbons (Fsp3) is 0.571. The smallest absolute Gasteiger partial charge is 0.0599 e. The van der Waals surface area contributed by atoms with Gasteiger partial charge >= 0.3 is 0 Å². The van der Waals surface area contributed by atoms with Crippen molar-refractivity contribution < 1.29 is 0 Å². The van der Waals surface area contributed by atoms with E-state index >= 15 is 0 Å². The molecule has 2 heteroatoms. The standard InChI is InChI=1S/C14H22N2/c1-14(2)8-5-10-16(11-9-14)13-7-4-3-6-12(13)15/h3-4,6-7H,5,8-11,15H2,1-2H3. The first-order valence-corrected chi connectivity index (χ1v) is 6.18. The Morgan fingerprint density at radius 2 is 1.88 bits per heavy atom. The van der Waals surface area contributed by atoms with Crippen LogP contribution < -0.4 is 10.6 Å². The molecule has 88 valence electrons. The number of hydrogen-bond acceptors (Lipinski definition) is 2. The van der Waals surface area contributed by atoms with Gasteiger partial charge in [0.15, 0.2) is 0 Å². The van der Waals surface area contributed by atoms with Gasteiger partial charge in [-0.3, -0.25) is 0 Å². The van der Waals surface area contributed by atoms with Gasteiger partial charge in [0.05, 0.1) is 11.4 Å². The fourth-order valence-electron chi connectivity index (χ4n) is 2.44. The van der Waals surface area contributed by atoms with Gasteiger partial charge in [-0.1, -0.05) is 26.0 Å². The summed E-state index contributed by atoms with van der Waals surface area (Å²) in [4.78, 5) is 2.43. The summed E-state index contributed by atoms with van der Waals surface area (Å²) in [5.41, 5.74) is 8.63. The maximum absolute atomic E-state index is 6.03. The summed E-state index contributed by atoms with van der Waals surface area (Å²) in [6.45, 7) is 6.99. The van der Waals surface area contributed by atoms with Crippen LogP contribution in [-0.4, -0.2) is 13.1 Å². The largest absolute Gasteiger partial charge is 0.397 e. The second kappa shape index (κ2) is 4.36. The molecule has 0 aromatic heterocycles. The Bertz CT molecular complexity index is 358. The Morgan fingerprint density at radius 1 is 1.12 bits per heavy atom. The monoisotopic (exact) mass is 218 g/mol. The van der Waals surface area contributed by atoms with E-state index in [-0.39, 0.29) is 0 Å². The SMILES string of the molecule is CC1(C)CCCN(c2ccccc2N)CC1. The molecule has 1 heterocycles. The molecule has 1 aromatic carbocycles. The molecule has 0 bridgehead atoms. The van der Waals surface area contributed by atoms with Crippen molar-refractivity contribution in [2.45, 2.75) is 33.1 Å². The zero-order valence-corrected chi connectivity index (χ0v) is 10.4. The number of rotatable bonds is 1. The Kier molecular flexibility index (Phi) is 3.08. The zero-order valence-electron chi connectivity index (χ0n) is 10.4.